The number of benzene rings is 2. The molecule has 1 saturated heterocycles. The Hall–Kier alpha value is -1.52. The first-order valence-corrected chi connectivity index (χ1v) is 11.9. The molecule has 2 aromatic carbocycles. The summed E-state index contributed by atoms with van der Waals surface area (Å²) in [6.07, 6.45) is 0.982. The molecule has 0 saturated carbocycles. The topological polar surface area (TPSA) is 66.0 Å². The van der Waals surface area contributed by atoms with E-state index in [4.69, 9.17) is 16.3 Å². The molecule has 1 heterocycles. The fourth-order valence-corrected chi connectivity index (χ4v) is 4.72. The molecule has 6 nitrogen and oxygen atoms in total. The van der Waals surface area contributed by atoms with E-state index in [0.717, 1.165) is 42.5 Å². The minimum absolute atomic E-state index is 0. The van der Waals surface area contributed by atoms with Crippen LogP contribution in [0.15, 0.2) is 53.5 Å². The van der Waals surface area contributed by atoms with Crippen LogP contribution >= 0.6 is 35.6 Å². The summed E-state index contributed by atoms with van der Waals surface area (Å²) < 4.78 is 17.8. The molecule has 0 bridgehead atoms. The molecule has 31 heavy (non-hydrogen) atoms. The van der Waals surface area contributed by atoms with Gasteiger partial charge in [-0.15, -0.1) is 24.0 Å². The van der Waals surface area contributed by atoms with Crippen LogP contribution in [0, 0.1) is 0 Å². The van der Waals surface area contributed by atoms with Crippen molar-refractivity contribution in [3.63, 3.8) is 0 Å². The minimum atomic E-state index is -0.910. The summed E-state index contributed by atoms with van der Waals surface area (Å²) in [4.78, 5) is 6.58. The fraction of sp³-hybridized carbons (Fsp3) is 0.409. The fourth-order valence-electron chi connectivity index (χ4n) is 3.51. The molecule has 1 aliphatic rings. The number of rotatable bonds is 8. The van der Waals surface area contributed by atoms with Crippen molar-refractivity contribution in [2.45, 2.75) is 18.2 Å². The maximum absolute atomic E-state index is 12.3. The Morgan fingerprint density at radius 1 is 1.29 bits per heavy atom. The van der Waals surface area contributed by atoms with Crippen LogP contribution in [0.4, 0.5) is 5.69 Å². The van der Waals surface area contributed by atoms with Crippen molar-refractivity contribution in [2.75, 3.05) is 44.4 Å². The van der Waals surface area contributed by atoms with Gasteiger partial charge >= 0.3 is 0 Å². The highest BCUT2D eigenvalue weighted by atomic mass is 127. The van der Waals surface area contributed by atoms with Gasteiger partial charge in [0.1, 0.15) is 5.75 Å². The van der Waals surface area contributed by atoms with Gasteiger partial charge < -0.3 is 20.3 Å². The van der Waals surface area contributed by atoms with E-state index in [1.165, 1.54) is 0 Å². The summed E-state index contributed by atoms with van der Waals surface area (Å²) in [5, 5.41) is 7.44. The number of aliphatic imine (C=N–C) groups is 1. The Balaban J connectivity index is 0.00000341. The van der Waals surface area contributed by atoms with E-state index >= 15 is 0 Å². The van der Waals surface area contributed by atoms with Crippen LogP contribution in [-0.4, -0.2) is 55.8 Å². The number of hydrogen-bond acceptors (Lipinski definition) is 4. The number of ether oxygens (including phenoxy) is 1. The lowest BCUT2D eigenvalue weighted by atomic mass is 10.2. The molecular weight excluding hydrogens is 547 g/mol. The van der Waals surface area contributed by atoms with E-state index in [-0.39, 0.29) is 30.0 Å². The van der Waals surface area contributed by atoms with Gasteiger partial charge in [0.25, 0.3) is 0 Å². The van der Waals surface area contributed by atoms with E-state index in [1.807, 2.05) is 48.5 Å². The number of nitrogens with zero attached hydrogens (tertiary/aromatic N) is 2. The summed E-state index contributed by atoms with van der Waals surface area (Å²) in [6.45, 7) is 2.35. The van der Waals surface area contributed by atoms with Crippen LogP contribution in [0.1, 0.15) is 12.0 Å². The molecule has 1 fully saturated rings. The second kappa shape index (κ2) is 13.1. The summed E-state index contributed by atoms with van der Waals surface area (Å²) >= 11 is 6.18. The molecule has 2 N–H and O–H groups in total. The summed E-state index contributed by atoms with van der Waals surface area (Å²) in [5.74, 6) is 2.71. The zero-order valence-corrected chi connectivity index (χ0v) is 21.7. The van der Waals surface area contributed by atoms with Gasteiger partial charge in [-0.25, -0.2) is 0 Å². The number of hydrogen-bond donors (Lipinski definition) is 2. The smallest absolute Gasteiger partial charge is 0.191 e. The highest BCUT2D eigenvalue weighted by molar-refractivity contribution is 14.0. The van der Waals surface area contributed by atoms with Crippen molar-refractivity contribution in [1.29, 1.82) is 0 Å². The first kappa shape index (κ1) is 25.7. The van der Waals surface area contributed by atoms with Gasteiger partial charge in [-0.1, -0.05) is 41.9 Å². The van der Waals surface area contributed by atoms with Crippen molar-refractivity contribution in [1.82, 2.24) is 10.6 Å². The third-order valence-corrected chi connectivity index (χ3v) is 6.58. The Labute approximate surface area is 209 Å². The van der Waals surface area contributed by atoms with Gasteiger partial charge in [-0.05, 0) is 30.2 Å². The standard InChI is InChI=1S/C22H29ClN4O2S.HI/c1-24-22(25-11-13-30(28)16-17-6-4-3-5-7-17)26-19-10-12-27(15-19)20-14-18(23)8-9-21(20)29-2;/h3-9,14,19H,10-13,15-16H2,1-2H3,(H2,24,25,26);1H. The zero-order valence-electron chi connectivity index (χ0n) is 17.8. The van der Waals surface area contributed by atoms with E-state index in [0.29, 0.717) is 23.1 Å². The quantitative estimate of drug-likeness (QED) is 0.285. The number of anilines is 1. The summed E-state index contributed by atoms with van der Waals surface area (Å²) in [7, 11) is 2.52. The van der Waals surface area contributed by atoms with Gasteiger partial charge in [0, 0.05) is 60.1 Å². The third kappa shape index (κ3) is 7.84. The minimum Gasteiger partial charge on any atom is -0.495 e. The van der Waals surface area contributed by atoms with Crippen LogP contribution in [0.2, 0.25) is 5.02 Å². The molecule has 2 atom stereocenters. The van der Waals surface area contributed by atoms with E-state index < -0.39 is 10.8 Å². The van der Waals surface area contributed by atoms with Crippen LogP contribution in [0.3, 0.4) is 0 Å². The molecule has 2 aromatic rings. The number of methoxy groups -OCH3 is 1. The van der Waals surface area contributed by atoms with Crippen molar-refractivity contribution >= 4 is 58.0 Å². The van der Waals surface area contributed by atoms with E-state index in [1.54, 1.807) is 14.2 Å². The van der Waals surface area contributed by atoms with Crippen molar-refractivity contribution in [3.8, 4) is 5.75 Å². The Morgan fingerprint density at radius 2 is 2.06 bits per heavy atom. The molecule has 170 valence electrons. The monoisotopic (exact) mass is 576 g/mol. The summed E-state index contributed by atoms with van der Waals surface area (Å²) in [5.41, 5.74) is 2.11. The predicted molar refractivity (Wildman–Crippen MR) is 142 cm³/mol. The average molecular weight is 577 g/mol. The SMILES string of the molecule is CN=C(NCCS(=O)Cc1ccccc1)NC1CCN(c2cc(Cl)ccc2OC)C1.I. The first-order chi connectivity index (χ1) is 14.6. The first-order valence-electron chi connectivity index (χ1n) is 10.0. The molecular formula is C22H30ClIN4O2S. The Bertz CT molecular complexity index is 885. The second-order valence-corrected chi connectivity index (χ2v) is 9.18. The van der Waals surface area contributed by atoms with Gasteiger partial charge in [-0.3, -0.25) is 9.20 Å². The van der Waals surface area contributed by atoms with Crippen LogP contribution < -0.4 is 20.3 Å². The molecule has 0 amide bonds. The third-order valence-electron chi connectivity index (χ3n) is 5.03. The maximum Gasteiger partial charge on any atom is 0.191 e. The molecule has 1 aliphatic heterocycles. The van der Waals surface area contributed by atoms with Gasteiger partial charge in [0.15, 0.2) is 5.96 Å². The molecule has 2 unspecified atom stereocenters. The van der Waals surface area contributed by atoms with Crippen molar-refractivity contribution in [3.05, 3.63) is 59.1 Å². The number of nitrogens with one attached hydrogen (secondary N) is 2. The molecule has 3 rings (SSSR count). The number of halogens is 2. The largest absolute Gasteiger partial charge is 0.495 e. The molecule has 0 spiro atoms. The second-order valence-electron chi connectivity index (χ2n) is 7.16. The predicted octanol–water partition coefficient (Wildman–Crippen LogP) is 3.66. The number of guanidine groups is 1. The molecule has 0 aliphatic carbocycles. The Kier molecular flexibility index (Phi) is 10.9. The van der Waals surface area contributed by atoms with Gasteiger partial charge in [0.05, 0.1) is 12.8 Å². The molecule has 0 aromatic heterocycles. The lowest BCUT2D eigenvalue weighted by Crippen LogP contribution is -2.45. The van der Waals surface area contributed by atoms with Gasteiger partial charge in [-0.2, -0.15) is 0 Å². The molecule has 9 heteroatoms. The highest BCUT2D eigenvalue weighted by Gasteiger charge is 2.25. The lowest BCUT2D eigenvalue weighted by molar-refractivity contribution is 0.415. The van der Waals surface area contributed by atoms with Crippen LogP contribution in [0.5, 0.6) is 5.75 Å². The average Bonchev–Trinajstić information content (AvgIpc) is 3.22. The van der Waals surface area contributed by atoms with Crippen molar-refractivity contribution in [2.24, 2.45) is 4.99 Å². The van der Waals surface area contributed by atoms with Crippen LogP contribution in [-0.2, 0) is 16.6 Å². The van der Waals surface area contributed by atoms with Crippen molar-refractivity contribution < 1.29 is 8.95 Å². The van der Waals surface area contributed by atoms with Crippen LogP contribution in [0.25, 0.3) is 0 Å². The van der Waals surface area contributed by atoms with E-state index in [9.17, 15) is 4.21 Å². The normalized spacial score (nSPS) is 17.1. The maximum atomic E-state index is 12.3. The van der Waals surface area contributed by atoms with Gasteiger partial charge in [0.2, 0.25) is 0 Å². The lowest BCUT2D eigenvalue weighted by Gasteiger charge is -2.22. The molecule has 0 radical (unpaired) electrons. The zero-order chi connectivity index (χ0) is 21.3. The highest BCUT2D eigenvalue weighted by Crippen LogP contribution is 2.33. The van der Waals surface area contributed by atoms with E-state index in [2.05, 4.69) is 20.5 Å². The summed E-state index contributed by atoms with van der Waals surface area (Å²) in [6, 6.07) is 15.9. The Morgan fingerprint density at radius 3 is 2.77 bits per heavy atom.